The Balaban J connectivity index is 1.78. The Bertz CT molecular complexity index is 511. The number of halogens is 2. The molecule has 94 valence electrons. The third-order valence-electron chi connectivity index (χ3n) is 2.75. The van der Waals surface area contributed by atoms with Crippen molar-refractivity contribution in [3.63, 3.8) is 0 Å². The molecule has 0 spiro atoms. The maximum Gasteiger partial charge on any atom is 0.0450 e. The molecule has 3 heteroatoms. The summed E-state index contributed by atoms with van der Waals surface area (Å²) in [5.41, 5.74) is 2.37. The summed E-state index contributed by atoms with van der Waals surface area (Å²) >= 11 is 12.0. The lowest BCUT2D eigenvalue weighted by atomic mass is 10.1. The highest BCUT2D eigenvalue weighted by Crippen LogP contribution is 2.14. The van der Waals surface area contributed by atoms with E-state index in [-0.39, 0.29) is 0 Å². The Morgan fingerprint density at radius 2 is 1.78 bits per heavy atom. The van der Waals surface area contributed by atoms with Gasteiger partial charge in [-0.3, -0.25) is 0 Å². The molecule has 2 aromatic carbocycles. The van der Waals surface area contributed by atoms with Crippen molar-refractivity contribution in [2.24, 2.45) is 0 Å². The SMILES string of the molecule is Clc1cccc(CCNCc2ccccc2Cl)c1. The van der Waals surface area contributed by atoms with Gasteiger partial charge in [-0.1, -0.05) is 53.5 Å². The predicted molar refractivity (Wildman–Crippen MR) is 78.3 cm³/mol. The number of benzene rings is 2. The van der Waals surface area contributed by atoms with Gasteiger partial charge in [0.1, 0.15) is 0 Å². The second kappa shape index (κ2) is 6.79. The number of nitrogens with one attached hydrogen (secondary N) is 1. The van der Waals surface area contributed by atoms with Gasteiger partial charge in [0.05, 0.1) is 0 Å². The van der Waals surface area contributed by atoms with Gasteiger partial charge < -0.3 is 5.32 Å². The van der Waals surface area contributed by atoms with Crippen LogP contribution < -0.4 is 5.32 Å². The van der Waals surface area contributed by atoms with Crippen molar-refractivity contribution < 1.29 is 0 Å². The first-order valence-electron chi connectivity index (χ1n) is 5.94. The van der Waals surface area contributed by atoms with E-state index in [1.807, 2.05) is 42.5 Å². The Hall–Kier alpha value is -1.02. The second-order valence-corrected chi connectivity index (χ2v) is 4.99. The van der Waals surface area contributed by atoms with Crippen LogP contribution in [-0.2, 0) is 13.0 Å². The quantitative estimate of drug-likeness (QED) is 0.804. The number of hydrogen-bond donors (Lipinski definition) is 1. The summed E-state index contributed by atoms with van der Waals surface area (Å²) in [5.74, 6) is 0. The molecule has 0 heterocycles. The van der Waals surface area contributed by atoms with Crippen molar-refractivity contribution in [2.45, 2.75) is 13.0 Å². The van der Waals surface area contributed by atoms with Crippen molar-refractivity contribution in [2.75, 3.05) is 6.54 Å². The highest BCUT2D eigenvalue weighted by Gasteiger charge is 1.98. The highest BCUT2D eigenvalue weighted by molar-refractivity contribution is 6.31. The smallest absolute Gasteiger partial charge is 0.0450 e. The van der Waals surface area contributed by atoms with E-state index in [0.717, 1.165) is 35.1 Å². The first-order chi connectivity index (χ1) is 8.75. The van der Waals surface area contributed by atoms with Crippen LogP contribution in [0.15, 0.2) is 48.5 Å². The van der Waals surface area contributed by atoms with Crippen LogP contribution in [0.2, 0.25) is 10.0 Å². The van der Waals surface area contributed by atoms with Crippen LogP contribution in [0.25, 0.3) is 0 Å². The third-order valence-corrected chi connectivity index (χ3v) is 3.36. The Labute approximate surface area is 118 Å². The van der Waals surface area contributed by atoms with E-state index < -0.39 is 0 Å². The molecule has 1 N–H and O–H groups in total. The first-order valence-corrected chi connectivity index (χ1v) is 6.70. The van der Waals surface area contributed by atoms with Crippen LogP contribution in [0.5, 0.6) is 0 Å². The zero-order valence-corrected chi connectivity index (χ0v) is 11.5. The van der Waals surface area contributed by atoms with Crippen molar-refractivity contribution in [3.05, 3.63) is 69.7 Å². The molecule has 2 rings (SSSR count). The van der Waals surface area contributed by atoms with Crippen LogP contribution in [0.3, 0.4) is 0 Å². The molecule has 0 radical (unpaired) electrons. The van der Waals surface area contributed by atoms with Gasteiger partial charge in [-0.25, -0.2) is 0 Å². The molecule has 0 aliphatic rings. The van der Waals surface area contributed by atoms with Crippen molar-refractivity contribution in [3.8, 4) is 0 Å². The van der Waals surface area contributed by atoms with Gasteiger partial charge in [0.25, 0.3) is 0 Å². The van der Waals surface area contributed by atoms with Crippen LogP contribution in [0.1, 0.15) is 11.1 Å². The first kappa shape index (κ1) is 13.4. The van der Waals surface area contributed by atoms with E-state index in [9.17, 15) is 0 Å². The summed E-state index contributed by atoms with van der Waals surface area (Å²) in [6.45, 7) is 1.70. The lowest BCUT2D eigenvalue weighted by Gasteiger charge is -2.07. The Kier molecular flexibility index (Phi) is 5.06. The minimum Gasteiger partial charge on any atom is -0.312 e. The molecule has 1 nitrogen and oxygen atoms in total. The second-order valence-electron chi connectivity index (χ2n) is 4.15. The average Bonchev–Trinajstić information content (AvgIpc) is 2.37. The van der Waals surface area contributed by atoms with E-state index in [1.54, 1.807) is 0 Å². The molecule has 0 unspecified atom stereocenters. The molecule has 0 atom stereocenters. The fourth-order valence-electron chi connectivity index (χ4n) is 1.79. The van der Waals surface area contributed by atoms with E-state index in [0.29, 0.717) is 0 Å². The number of rotatable bonds is 5. The van der Waals surface area contributed by atoms with Crippen LogP contribution in [0.4, 0.5) is 0 Å². The normalized spacial score (nSPS) is 10.6. The Morgan fingerprint density at radius 3 is 2.56 bits per heavy atom. The molecule has 0 bridgehead atoms. The standard InChI is InChI=1S/C15H15Cl2N/c16-14-6-3-4-12(10-14)8-9-18-11-13-5-1-2-7-15(13)17/h1-7,10,18H,8-9,11H2. The summed E-state index contributed by atoms with van der Waals surface area (Å²) in [6, 6.07) is 15.8. The fourth-order valence-corrected chi connectivity index (χ4v) is 2.21. The molecular weight excluding hydrogens is 265 g/mol. The summed E-state index contributed by atoms with van der Waals surface area (Å²) < 4.78 is 0. The maximum atomic E-state index is 6.08. The zero-order chi connectivity index (χ0) is 12.8. The maximum absolute atomic E-state index is 6.08. The van der Waals surface area contributed by atoms with Crippen LogP contribution >= 0.6 is 23.2 Å². The van der Waals surface area contributed by atoms with Crippen LogP contribution in [-0.4, -0.2) is 6.54 Å². The van der Waals surface area contributed by atoms with E-state index in [1.165, 1.54) is 5.56 Å². The van der Waals surface area contributed by atoms with Gasteiger partial charge in [-0.2, -0.15) is 0 Å². The summed E-state index contributed by atoms with van der Waals surface area (Å²) in [7, 11) is 0. The minimum absolute atomic E-state index is 0.790. The van der Waals surface area contributed by atoms with E-state index >= 15 is 0 Å². The summed E-state index contributed by atoms with van der Waals surface area (Å²) in [6.07, 6.45) is 0.963. The molecule has 0 saturated heterocycles. The van der Waals surface area contributed by atoms with Gasteiger partial charge >= 0.3 is 0 Å². The Morgan fingerprint density at radius 1 is 0.944 bits per heavy atom. The molecule has 0 aromatic heterocycles. The summed E-state index contributed by atoms with van der Waals surface area (Å²) in [4.78, 5) is 0. The lowest BCUT2D eigenvalue weighted by Crippen LogP contribution is -2.16. The van der Waals surface area contributed by atoms with Crippen molar-refractivity contribution in [1.82, 2.24) is 5.32 Å². The molecule has 18 heavy (non-hydrogen) atoms. The molecule has 2 aromatic rings. The van der Waals surface area contributed by atoms with Gasteiger partial charge in [-0.15, -0.1) is 0 Å². The minimum atomic E-state index is 0.790. The largest absolute Gasteiger partial charge is 0.312 e. The van der Waals surface area contributed by atoms with Gasteiger partial charge in [0.2, 0.25) is 0 Å². The van der Waals surface area contributed by atoms with E-state index in [2.05, 4.69) is 11.4 Å². The predicted octanol–water partition coefficient (Wildman–Crippen LogP) is 4.33. The zero-order valence-electron chi connectivity index (χ0n) is 10.00. The molecule has 0 saturated carbocycles. The van der Waals surface area contributed by atoms with E-state index in [4.69, 9.17) is 23.2 Å². The third kappa shape index (κ3) is 4.02. The molecule has 0 aliphatic carbocycles. The molecule has 0 fully saturated rings. The average molecular weight is 280 g/mol. The molecule has 0 aliphatic heterocycles. The highest BCUT2D eigenvalue weighted by atomic mass is 35.5. The monoisotopic (exact) mass is 279 g/mol. The van der Waals surface area contributed by atoms with Crippen molar-refractivity contribution >= 4 is 23.2 Å². The number of hydrogen-bond acceptors (Lipinski definition) is 1. The fraction of sp³-hybridized carbons (Fsp3) is 0.200. The lowest BCUT2D eigenvalue weighted by molar-refractivity contribution is 0.687. The summed E-state index contributed by atoms with van der Waals surface area (Å²) in [5, 5.41) is 4.99. The molecule has 0 amide bonds. The topological polar surface area (TPSA) is 12.0 Å². The van der Waals surface area contributed by atoms with Crippen LogP contribution in [0, 0.1) is 0 Å². The van der Waals surface area contributed by atoms with Gasteiger partial charge in [0.15, 0.2) is 0 Å². The van der Waals surface area contributed by atoms with Gasteiger partial charge in [0, 0.05) is 16.6 Å². The molecular formula is C15H15Cl2N. The van der Waals surface area contributed by atoms with Gasteiger partial charge in [-0.05, 0) is 42.3 Å². The van der Waals surface area contributed by atoms with Crippen molar-refractivity contribution in [1.29, 1.82) is 0 Å².